The van der Waals surface area contributed by atoms with E-state index in [-0.39, 0.29) is 24.0 Å². The Morgan fingerprint density at radius 2 is 1.90 bits per heavy atom. The quantitative estimate of drug-likeness (QED) is 0.622. The SMILES string of the molecule is CCCCn1c(N)c(N(Cc2ccccc2)C(=O)c2ccc(C)s2)c(=O)[nH]c1=O. The highest BCUT2D eigenvalue weighted by Gasteiger charge is 2.26. The van der Waals surface area contributed by atoms with Crippen LogP contribution in [0.4, 0.5) is 11.5 Å². The van der Waals surface area contributed by atoms with Crippen LogP contribution in [0.5, 0.6) is 0 Å². The van der Waals surface area contributed by atoms with Gasteiger partial charge in [-0.15, -0.1) is 11.3 Å². The van der Waals surface area contributed by atoms with E-state index < -0.39 is 11.2 Å². The molecule has 2 aromatic heterocycles. The zero-order chi connectivity index (χ0) is 21.0. The van der Waals surface area contributed by atoms with Crippen molar-refractivity contribution in [2.24, 2.45) is 0 Å². The Labute approximate surface area is 172 Å². The highest BCUT2D eigenvalue weighted by atomic mass is 32.1. The number of nitrogens with one attached hydrogen (secondary N) is 1. The third kappa shape index (κ3) is 4.48. The number of aromatic nitrogens is 2. The van der Waals surface area contributed by atoms with Crippen LogP contribution in [0.1, 0.15) is 39.9 Å². The summed E-state index contributed by atoms with van der Waals surface area (Å²) in [5.74, 6) is -0.324. The summed E-state index contributed by atoms with van der Waals surface area (Å²) < 4.78 is 1.32. The van der Waals surface area contributed by atoms with Crippen LogP contribution in [0, 0.1) is 6.92 Å². The second kappa shape index (κ2) is 8.91. The minimum Gasteiger partial charge on any atom is -0.383 e. The Kier molecular flexibility index (Phi) is 6.33. The van der Waals surface area contributed by atoms with Crippen LogP contribution in [-0.2, 0) is 13.1 Å². The van der Waals surface area contributed by atoms with Gasteiger partial charge in [-0.2, -0.15) is 0 Å². The summed E-state index contributed by atoms with van der Waals surface area (Å²) in [5, 5.41) is 0. The largest absolute Gasteiger partial charge is 0.383 e. The van der Waals surface area contributed by atoms with Gasteiger partial charge in [0, 0.05) is 11.4 Å². The lowest BCUT2D eigenvalue weighted by Crippen LogP contribution is -2.40. The van der Waals surface area contributed by atoms with Crippen LogP contribution >= 0.6 is 11.3 Å². The summed E-state index contributed by atoms with van der Waals surface area (Å²) >= 11 is 1.35. The van der Waals surface area contributed by atoms with Gasteiger partial charge in [-0.1, -0.05) is 43.7 Å². The molecule has 0 aliphatic heterocycles. The van der Waals surface area contributed by atoms with E-state index in [4.69, 9.17) is 5.73 Å². The van der Waals surface area contributed by atoms with Crippen molar-refractivity contribution in [1.29, 1.82) is 0 Å². The molecule has 0 aliphatic rings. The lowest BCUT2D eigenvalue weighted by molar-refractivity contribution is 0.0988. The van der Waals surface area contributed by atoms with Crippen LogP contribution in [0.25, 0.3) is 0 Å². The number of carbonyl (C=O) groups excluding carboxylic acids is 1. The number of aromatic amines is 1. The van der Waals surface area contributed by atoms with E-state index in [9.17, 15) is 14.4 Å². The number of amides is 1. The number of nitrogens with two attached hydrogens (primary N) is 1. The average Bonchev–Trinajstić information content (AvgIpc) is 3.13. The fourth-order valence-electron chi connectivity index (χ4n) is 3.08. The lowest BCUT2D eigenvalue weighted by Gasteiger charge is -2.24. The van der Waals surface area contributed by atoms with Crippen LogP contribution in [0.15, 0.2) is 52.1 Å². The van der Waals surface area contributed by atoms with Crippen molar-refractivity contribution in [2.75, 3.05) is 10.6 Å². The highest BCUT2D eigenvalue weighted by Crippen LogP contribution is 2.25. The average molecular weight is 413 g/mol. The van der Waals surface area contributed by atoms with Gasteiger partial charge >= 0.3 is 5.69 Å². The molecule has 0 aliphatic carbocycles. The zero-order valence-electron chi connectivity index (χ0n) is 16.5. The molecule has 0 saturated carbocycles. The van der Waals surface area contributed by atoms with Gasteiger partial charge in [-0.25, -0.2) is 4.79 Å². The van der Waals surface area contributed by atoms with Crippen molar-refractivity contribution >= 4 is 28.7 Å². The number of rotatable bonds is 7. The van der Waals surface area contributed by atoms with Crippen LogP contribution in [0.3, 0.4) is 0 Å². The van der Waals surface area contributed by atoms with Crippen LogP contribution in [-0.4, -0.2) is 15.5 Å². The van der Waals surface area contributed by atoms with Gasteiger partial charge in [-0.3, -0.25) is 24.0 Å². The summed E-state index contributed by atoms with van der Waals surface area (Å²) in [5.41, 5.74) is 5.87. The van der Waals surface area contributed by atoms with Gasteiger partial charge in [0.15, 0.2) is 5.69 Å². The maximum Gasteiger partial charge on any atom is 0.330 e. The normalized spacial score (nSPS) is 10.8. The van der Waals surface area contributed by atoms with Gasteiger partial charge < -0.3 is 5.73 Å². The molecule has 1 amide bonds. The smallest absolute Gasteiger partial charge is 0.330 e. The summed E-state index contributed by atoms with van der Waals surface area (Å²) in [6, 6.07) is 12.9. The Hall–Kier alpha value is -3.13. The van der Waals surface area contributed by atoms with Crippen LogP contribution in [0.2, 0.25) is 0 Å². The lowest BCUT2D eigenvalue weighted by atomic mass is 10.2. The second-order valence-corrected chi connectivity index (χ2v) is 8.07. The van der Waals surface area contributed by atoms with Crippen molar-refractivity contribution in [3.63, 3.8) is 0 Å². The second-order valence-electron chi connectivity index (χ2n) is 6.79. The van der Waals surface area contributed by atoms with E-state index in [1.165, 1.54) is 20.8 Å². The number of hydrogen-bond donors (Lipinski definition) is 2. The first-order valence-corrected chi connectivity index (χ1v) is 10.3. The summed E-state index contributed by atoms with van der Waals surface area (Å²) in [7, 11) is 0. The third-order valence-corrected chi connectivity index (χ3v) is 5.59. The number of nitrogen functional groups attached to an aromatic ring is 1. The molecule has 0 saturated heterocycles. The minimum absolute atomic E-state index is 0.000564. The van der Waals surface area contributed by atoms with E-state index >= 15 is 0 Å². The monoisotopic (exact) mass is 412 g/mol. The Balaban J connectivity index is 2.14. The number of anilines is 2. The number of nitrogens with zero attached hydrogens (tertiary/aromatic N) is 2. The molecule has 7 nitrogen and oxygen atoms in total. The predicted octanol–water partition coefficient (Wildman–Crippen LogP) is 3.14. The minimum atomic E-state index is -0.669. The summed E-state index contributed by atoms with van der Waals surface area (Å²) in [4.78, 5) is 43.5. The highest BCUT2D eigenvalue weighted by molar-refractivity contribution is 7.14. The Morgan fingerprint density at radius 3 is 2.52 bits per heavy atom. The van der Waals surface area contributed by atoms with Gasteiger partial charge in [0.25, 0.3) is 11.5 Å². The number of aryl methyl sites for hydroxylation is 1. The molecule has 0 unspecified atom stereocenters. The number of benzene rings is 1. The molecule has 152 valence electrons. The van der Waals surface area contributed by atoms with Gasteiger partial charge in [0.2, 0.25) is 0 Å². The summed E-state index contributed by atoms with van der Waals surface area (Å²) in [6.45, 7) is 4.44. The molecule has 0 bridgehead atoms. The topological polar surface area (TPSA) is 101 Å². The van der Waals surface area contributed by atoms with Gasteiger partial charge in [0.1, 0.15) is 5.82 Å². The first-order valence-electron chi connectivity index (χ1n) is 9.47. The van der Waals surface area contributed by atoms with E-state index in [1.807, 2.05) is 50.2 Å². The molecule has 0 fully saturated rings. The number of thiophene rings is 1. The first-order chi connectivity index (χ1) is 13.9. The van der Waals surface area contributed by atoms with Crippen molar-refractivity contribution in [3.8, 4) is 0 Å². The van der Waals surface area contributed by atoms with E-state index in [2.05, 4.69) is 4.98 Å². The molecule has 0 atom stereocenters. The standard InChI is InChI=1S/C21H24N4O3S/c1-3-4-12-24-18(22)17(19(26)23-21(24)28)25(13-15-8-6-5-7-9-15)20(27)16-11-10-14(2)29-16/h5-11H,3-4,12-13,22H2,1-2H3,(H,23,26,28). The summed E-state index contributed by atoms with van der Waals surface area (Å²) in [6.07, 6.45) is 1.59. The van der Waals surface area contributed by atoms with Crippen molar-refractivity contribution in [3.05, 3.63) is 78.6 Å². The molecular formula is C21H24N4O3S. The van der Waals surface area contributed by atoms with E-state index in [0.717, 1.165) is 23.3 Å². The maximum atomic E-state index is 13.3. The Bertz CT molecular complexity index is 1110. The predicted molar refractivity (Wildman–Crippen MR) is 117 cm³/mol. The van der Waals surface area contributed by atoms with Crippen LogP contribution < -0.4 is 21.9 Å². The molecule has 3 N–H and O–H groups in total. The first kappa shape index (κ1) is 20.6. The number of unbranched alkanes of at least 4 members (excludes halogenated alkanes) is 1. The van der Waals surface area contributed by atoms with Crippen molar-refractivity contribution in [1.82, 2.24) is 9.55 Å². The van der Waals surface area contributed by atoms with E-state index in [0.29, 0.717) is 11.4 Å². The molecule has 0 radical (unpaired) electrons. The number of carbonyl (C=O) groups is 1. The number of hydrogen-bond acceptors (Lipinski definition) is 5. The fourth-order valence-corrected chi connectivity index (χ4v) is 3.89. The van der Waals surface area contributed by atoms with Gasteiger partial charge in [0.05, 0.1) is 11.4 Å². The third-order valence-electron chi connectivity index (χ3n) is 4.60. The molecule has 1 aromatic carbocycles. The number of H-pyrrole nitrogens is 1. The van der Waals surface area contributed by atoms with E-state index in [1.54, 1.807) is 6.07 Å². The van der Waals surface area contributed by atoms with Crippen molar-refractivity contribution in [2.45, 2.75) is 39.8 Å². The zero-order valence-corrected chi connectivity index (χ0v) is 17.3. The maximum absolute atomic E-state index is 13.3. The molecule has 0 spiro atoms. The molecular weight excluding hydrogens is 388 g/mol. The molecule has 3 aromatic rings. The molecule has 3 rings (SSSR count). The molecule has 8 heteroatoms. The van der Waals surface area contributed by atoms with Gasteiger partial charge in [-0.05, 0) is 31.0 Å². The fraction of sp³-hybridized carbons (Fsp3) is 0.286. The van der Waals surface area contributed by atoms with Crippen molar-refractivity contribution < 1.29 is 4.79 Å². The molecule has 29 heavy (non-hydrogen) atoms. The Morgan fingerprint density at radius 1 is 1.17 bits per heavy atom. The molecule has 2 heterocycles.